The summed E-state index contributed by atoms with van der Waals surface area (Å²) >= 11 is 1.78. The molecule has 0 spiro atoms. The average molecular weight is 480 g/mol. The molecule has 0 aliphatic carbocycles. The molecule has 0 radical (unpaired) electrons. The molecule has 0 saturated carbocycles. The number of nitrogens with zero attached hydrogens (tertiary/aromatic N) is 3. The summed E-state index contributed by atoms with van der Waals surface area (Å²) in [5.41, 5.74) is 9.30. The number of thiophene rings is 1. The molecule has 4 heterocycles. The Morgan fingerprint density at radius 1 is 0.611 bits per heavy atom. The average Bonchev–Trinajstić information content (AvgIpc) is 3.66. The van der Waals surface area contributed by atoms with Crippen LogP contribution in [-0.4, -0.2) is 14.0 Å². The number of hydrogen-bond acceptors (Lipinski definition) is 2. The molecule has 4 aromatic heterocycles. The van der Waals surface area contributed by atoms with Gasteiger partial charge in [0.2, 0.25) is 0 Å². The van der Waals surface area contributed by atoms with Crippen molar-refractivity contribution in [3.63, 3.8) is 0 Å². The Kier molecular flexibility index (Phi) is 4.02. The molecular formula is C32H21N3S. The molecule has 8 rings (SSSR count). The highest BCUT2D eigenvalue weighted by atomic mass is 32.1. The second kappa shape index (κ2) is 7.30. The Morgan fingerprint density at radius 3 is 2.17 bits per heavy atom. The number of benzene rings is 4. The predicted molar refractivity (Wildman–Crippen MR) is 153 cm³/mol. The van der Waals surface area contributed by atoms with Crippen LogP contribution in [0.15, 0.2) is 109 Å². The lowest BCUT2D eigenvalue weighted by Crippen LogP contribution is -1.87. The number of pyridine rings is 1. The highest BCUT2D eigenvalue weighted by molar-refractivity contribution is 7.18. The van der Waals surface area contributed by atoms with Crippen LogP contribution in [-0.2, 0) is 7.05 Å². The molecule has 0 N–H and O–H groups in total. The largest absolute Gasteiger partial charge is 0.344 e. The molecule has 4 heteroatoms. The predicted octanol–water partition coefficient (Wildman–Crippen LogP) is 8.68. The molecular weight excluding hydrogens is 458 g/mol. The molecule has 4 aromatic carbocycles. The molecule has 36 heavy (non-hydrogen) atoms. The number of hydrogen-bond donors (Lipinski definition) is 0. The number of imidazole rings is 1. The second-order valence-corrected chi connectivity index (χ2v) is 10.3. The van der Waals surface area contributed by atoms with Crippen LogP contribution in [0.25, 0.3) is 70.8 Å². The van der Waals surface area contributed by atoms with Crippen LogP contribution in [0.3, 0.4) is 0 Å². The molecule has 0 unspecified atom stereocenters. The van der Waals surface area contributed by atoms with E-state index in [4.69, 9.17) is 4.98 Å². The third-order valence-electron chi connectivity index (χ3n) is 7.45. The maximum atomic E-state index is 5.08. The SMILES string of the molecule is Cn1c2ccccc2c2cc(-c3ccc(-c4cn5c6ccccc6c6sccc6c5n4)cc3)ccc21. The molecule has 8 aromatic rings. The molecule has 0 saturated heterocycles. The molecule has 0 aliphatic rings. The van der Waals surface area contributed by atoms with E-state index in [0.717, 1.165) is 16.9 Å². The zero-order valence-corrected chi connectivity index (χ0v) is 20.5. The van der Waals surface area contributed by atoms with Gasteiger partial charge in [-0.25, -0.2) is 4.98 Å². The fourth-order valence-corrected chi connectivity index (χ4v) is 6.57. The molecule has 0 amide bonds. The van der Waals surface area contributed by atoms with Gasteiger partial charge < -0.3 is 4.57 Å². The van der Waals surface area contributed by atoms with E-state index in [9.17, 15) is 0 Å². The normalized spacial score (nSPS) is 12.0. The molecule has 0 aliphatic heterocycles. The number of rotatable bonds is 2. The van der Waals surface area contributed by atoms with Crippen LogP contribution in [0, 0.1) is 0 Å². The van der Waals surface area contributed by atoms with Crippen molar-refractivity contribution in [3.8, 4) is 22.4 Å². The van der Waals surface area contributed by atoms with Crippen molar-refractivity contribution in [2.75, 3.05) is 0 Å². The zero-order chi connectivity index (χ0) is 23.8. The summed E-state index contributed by atoms with van der Waals surface area (Å²) in [6.07, 6.45) is 2.17. The topological polar surface area (TPSA) is 22.2 Å². The lowest BCUT2D eigenvalue weighted by atomic mass is 10.0. The Hall–Kier alpha value is -4.41. The lowest BCUT2D eigenvalue weighted by Gasteiger charge is -2.05. The number of aromatic nitrogens is 3. The van der Waals surface area contributed by atoms with Gasteiger partial charge in [-0.2, -0.15) is 0 Å². The monoisotopic (exact) mass is 479 g/mol. The van der Waals surface area contributed by atoms with Gasteiger partial charge in [0.15, 0.2) is 0 Å². The van der Waals surface area contributed by atoms with Gasteiger partial charge in [-0.05, 0) is 46.8 Å². The van der Waals surface area contributed by atoms with Crippen molar-refractivity contribution in [1.29, 1.82) is 0 Å². The van der Waals surface area contributed by atoms with Crippen LogP contribution in [0.2, 0.25) is 0 Å². The summed E-state index contributed by atoms with van der Waals surface area (Å²) in [6, 6.07) is 35.0. The fourth-order valence-electron chi connectivity index (χ4n) is 5.64. The first-order valence-electron chi connectivity index (χ1n) is 12.1. The van der Waals surface area contributed by atoms with Crippen LogP contribution >= 0.6 is 11.3 Å². The van der Waals surface area contributed by atoms with Crippen molar-refractivity contribution in [2.45, 2.75) is 0 Å². The maximum absolute atomic E-state index is 5.08. The third-order valence-corrected chi connectivity index (χ3v) is 8.40. The van der Waals surface area contributed by atoms with Crippen molar-refractivity contribution >= 4 is 59.8 Å². The summed E-state index contributed by atoms with van der Waals surface area (Å²) in [7, 11) is 2.14. The molecule has 0 fully saturated rings. The van der Waals surface area contributed by atoms with E-state index >= 15 is 0 Å². The first-order valence-corrected chi connectivity index (χ1v) is 13.0. The maximum Gasteiger partial charge on any atom is 0.146 e. The minimum Gasteiger partial charge on any atom is -0.344 e. The Morgan fingerprint density at radius 2 is 1.31 bits per heavy atom. The lowest BCUT2D eigenvalue weighted by molar-refractivity contribution is 1.01. The van der Waals surface area contributed by atoms with E-state index in [2.05, 4.69) is 125 Å². The van der Waals surface area contributed by atoms with Gasteiger partial charge in [0, 0.05) is 56.1 Å². The summed E-state index contributed by atoms with van der Waals surface area (Å²) in [6.45, 7) is 0. The molecule has 3 nitrogen and oxygen atoms in total. The summed E-state index contributed by atoms with van der Waals surface area (Å²) in [5, 5.41) is 7.24. The Bertz CT molecular complexity index is 2110. The van der Waals surface area contributed by atoms with Gasteiger partial charge in [0.1, 0.15) is 5.65 Å². The van der Waals surface area contributed by atoms with Crippen LogP contribution < -0.4 is 0 Å². The second-order valence-electron chi connectivity index (χ2n) is 9.39. The van der Waals surface area contributed by atoms with Crippen molar-refractivity contribution < 1.29 is 0 Å². The van der Waals surface area contributed by atoms with Gasteiger partial charge in [-0.15, -0.1) is 11.3 Å². The first-order chi connectivity index (χ1) is 17.8. The van der Waals surface area contributed by atoms with E-state index in [0.29, 0.717) is 0 Å². The summed E-state index contributed by atoms with van der Waals surface area (Å²) in [4.78, 5) is 5.08. The Labute approximate surface area is 211 Å². The van der Waals surface area contributed by atoms with Crippen LogP contribution in [0.1, 0.15) is 0 Å². The van der Waals surface area contributed by atoms with E-state index in [1.54, 1.807) is 11.3 Å². The van der Waals surface area contributed by atoms with Gasteiger partial charge in [0.05, 0.1) is 11.2 Å². The highest BCUT2D eigenvalue weighted by Crippen LogP contribution is 2.36. The Balaban J connectivity index is 1.25. The highest BCUT2D eigenvalue weighted by Gasteiger charge is 2.14. The van der Waals surface area contributed by atoms with Gasteiger partial charge in [-0.3, -0.25) is 4.40 Å². The minimum atomic E-state index is 0.995. The van der Waals surface area contributed by atoms with Crippen molar-refractivity contribution in [3.05, 3.63) is 109 Å². The third kappa shape index (κ3) is 2.70. The first kappa shape index (κ1) is 19.8. The fraction of sp³-hybridized carbons (Fsp3) is 0.0312. The van der Waals surface area contributed by atoms with Crippen molar-refractivity contribution in [2.24, 2.45) is 7.05 Å². The van der Waals surface area contributed by atoms with Gasteiger partial charge in [-0.1, -0.05) is 66.7 Å². The molecule has 0 atom stereocenters. The smallest absolute Gasteiger partial charge is 0.146 e. The number of para-hydroxylation sites is 2. The van der Waals surface area contributed by atoms with Crippen LogP contribution in [0.5, 0.6) is 0 Å². The standard InChI is InChI=1S/C32H21N3S/c1-34-28-8-4-2-6-23(28)26-18-22(14-15-29(26)34)20-10-12-21(13-11-20)27-19-35-30-9-5-3-7-24(30)31-25(16-17-36-31)32(35)33-27/h2-19H,1H3. The summed E-state index contributed by atoms with van der Waals surface area (Å²) in [5.74, 6) is 0. The minimum absolute atomic E-state index is 0.995. The van der Waals surface area contributed by atoms with E-state index < -0.39 is 0 Å². The number of aryl methyl sites for hydroxylation is 1. The van der Waals surface area contributed by atoms with E-state index in [1.807, 2.05) is 0 Å². The van der Waals surface area contributed by atoms with Crippen LogP contribution in [0.4, 0.5) is 0 Å². The molecule has 0 bridgehead atoms. The quantitative estimate of drug-likeness (QED) is 0.243. The van der Waals surface area contributed by atoms with E-state index in [-0.39, 0.29) is 0 Å². The molecule has 170 valence electrons. The van der Waals surface area contributed by atoms with Gasteiger partial charge in [0.25, 0.3) is 0 Å². The van der Waals surface area contributed by atoms with E-state index in [1.165, 1.54) is 53.9 Å². The zero-order valence-electron chi connectivity index (χ0n) is 19.6. The van der Waals surface area contributed by atoms with Gasteiger partial charge >= 0.3 is 0 Å². The summed E-state index contributed by atoms with van der Waals surface area (Å²) < 4.78 is 5.81. The van der Waals surface area contributed by atoms with Crippen molar-refractivity contribution in [1.82, 2.24) is 14.0 Å². The number of fused-ring (bicyclic) bond motifs is 9.